The Hall–Kier alpha value is -8.40. The van der Waals surface area contributed by atoms with Gasteiger partial charge in [-0.25, -0.2) is 38.4 Å². The van der Waals surface area contributed by atoms with Gasteiger partial charge < -0.3 is 100 Å². The van der Waals surface area contributed by atoms with Crippen molar-refractivity contribution in [1.29, 1.82) is 0 Å². The number of benzene rings is 2. The van der Waals surface area contributed by atoms with Gasteiger partial charge in [0.2, 0.25) is 0 Å². The highest BCUT2D eigenvalue weighted by Crippen LogP contribution is 2.42. The van der Waals surface area contributed by atoms with Crippen molar-refractivity contribution < 1.29 is 119 Å². The largest absolute Gasteiger partial charge is 0.508 e. The first-order valence-electron chi connectivity index (χ1n) is 22.9. The van der Waals surface area contributed by atoms with E-state index >= 15 is 0 Å². The van der Waals surface area contributed by atoms with Crippen LogP contribution >= 0.6 is 0 Å². The van der Waals surface area contributed by atoms with Gasteiger partial charge in [-0.15, -0.1) is 0 Å². The number of carbonyl (C=O) groups is 8. The third kappa shape index (κ3) is 12.0. The van der Waals surface area contributed by atoms with Crippen LogP contribution in [-0.4, -0.2) is 203 Å². The lowest BCUT2D eigenvalue weighted by Gasteiger charge is -2.35. The van der Waals surface area contributed by atoms with Crippen LogP contribution in [0.15, 0.2) is 36.4 Å². The standard InChI is InChI=1S/C44H46N4O25/c49-37-57-15-25(66-37)7-45(8-26-16-58-38(50)67-26)23-1-4-36(35(5-23)48(13-31-21-63-43(55)72-31)14-32-22-64-44(56)73-32)65-24-2-3-33(46(9-27-17-59-39(51)68-27)10-28-18-60-40(52)69-28)34(6-24)47(11-29-19-61-41(53)70-29)12-30-20-62-42(54)71-30/h1-6,25-32H,7-22H2. The molecule has 8 heterocycles. The molecule has 0 spiro atoms. The average Bonchev–Trinajstić information content (AvgIpc) is 4.24. The smallest absolute Gasteiger partial charge is 0.455 e. The van der Waals surface area contributed by atoms with Crippen molar-refractivity contribution >= 4 is 72.0 Å². The van der Waals surface area contributed by atoms with Gasteiger partial charge in [0.15, 0.2) is 54.6 Å². The second-order valence-corrected chi connectivity index (χ2v) is 17.4. The number of rotatable bonds is 22. The highest BCUT2D eigenvalue weighted by molar-refractivity contribution is 5.76. The molecule has 29 nitrogen and oxygen atoms in total. The van der Waals surface area contributed by atoms with Gasteiger partial charge in [0.1, 0.15) is 58.6 Å². The molecule has 392 valence electrons. The van der Waals surface area contributed by atoms with Crippen LogP contribution in [0.4, 0.5) is 61.1 Å². The van der Waals surface area contributed by atoms with Gasteiger partial charge in [0.25, 0.3) is 0 Å². The molecule has 0 aliphatic carbocycles. The number of cyclic esters (lactones) is 16. The lowest BCUT2D eigenvalue weighted by Crippen LogP contribution is -2.43. The van der Waals surface area contributed by atoms with E-state index in [4.69, 9.17) is 80.5 Å². The minimum atomic E-state index is -0.891. The quantitative estimate of drug-likeness (QED) is 0.121. The molecule has 8 unspecified atom stereocenters. The van der Waals surface area contributed by atoms with Gasteiger partial charge in [0.05, 0.1) is 69.4 Å². The number of nitrogens with zero attached hydrogens (tertiary/aromatic N) is 4. The van der Waals surface area contributed by atoms with Gasteiger partial charge in [-0.3, -0.25) is 0 Å². The summed E-state index contributed by atoms with van der Waals surface area (Å²) >= 11 is 0. The average molecular weight is 1030 g/mol. The summed E-state index contributed by atoms with van der Waals surface area (Å²) in [5.74, 6) is 0.380. The molecule has 8 aliphatic heterocycles. The summed E-state index contributed by atoms with van der Waals surface area (Å²) < 4.78 is 91.1. The highest BCUT2D eigenvalue weighted by Gasteiger charge is 2.39. The van der Waals surface area contributed by atoms with E-state index in [-0.39, 0.29) is 117 Å². The highest BCUT2D eigenvalue weighted by atomic mass is 16.8. The van der Waals surface area contributed by atoms with E-state index in [9.17, 15) is 38.4 Å². The SMILES string of the molecule is O=C1OCC(CN(CC2COC(=O)O2)c2ccc(Oc3ccc(N(CC4COC(=O)O4)CC4COC(=O)O4)c(N(CC4COC(=O)O4)CC4COC(=O)O4)c3)c(N(CC3COC(=O)O3)CC3COC(=O)O3)c2)O1. The van der Waals surface area contributed by atoms with Crippen molar-refractivity contribution in [3.05, 3.63) is 36.4 Å². The molecule has 29 heteroatoms. The first kappa shape index (κ1) is 48.2. The Labute approximate surface area is 411 Å². The fourth-order valence-corrected chi connectivity index (χ4v) is 8.96. The van der Waals surface area contributed by atoms with Crippen molar-refractivity contribution in [3.63, 3.8) is 0 Å². The number of anilines is 4. The Morgan fingerprint density at radius 1 is 0.329 bits per heavy atom. The molecule has 8 saturated heterocycles. The maximum absolute atomic E-state index is 12.2. The molecule has 73 heavy (non-hydrogen) atoms. The molecule has 0 saturated carbocycles. The molecule has 0 radical (unpaired) electrons. The van der Waals surface area contributed by atoms with Gasteiger partial charge in [0, 0.05) is 11.8 Å². The van der Waals surface area contributed by atoms with Crippen LogP contribution in [0.2, 0.25) is 0 Å². The Morgan fingerprint density at radius 2 is 0.616 bits per heavy atom. The lowest BCUT2D eigenvalue weighted by molar-refractivity contribution is 0.113. The fraction of sp³-hybridized carbons (Fsp3) is 0.545. The minimum absolute atomic E-state index is 0.0181. The zero-order chi connectivity index (χ0) is 50.6. The fourth-order valence-electron chi connectivity index (χ4n) is 8.96. The summed E-state index contributed by atoms with van der Waals surface area (Å²) in [6, 6.07) is 10.0. The number of hydrogen-bond donors (Lipinski definition) is 0. The summed E-state index contributed by atoms with van der Waals surface area (Å²) in [7, 11) is 0. The summed E-state index contributed by atoms with van der Waals surface area (Å²) in [5.41, 5.74) is 1.66. The Morgan fingerprint density at radius 3 is 0.918 bits per heavy atom. The van der Waals surface area contributed by atoms with E-state index in [2.05, 4.69) is 0 Å². The molecule has 8 atom stereocenters. The van der Waals surface area contributed by atoms with Crippen LogP contribution in [0, 0.1) is 0 Å². The molecule has 0 bridgehead atoms. The van der Waals surface area contributed by atoms with Gasteiger partial charge in [-0.05, 0) is 30.3 Å². The molecule has 0 amide bonds. The summed E-state index contributed by atoms with van der Waals surface area (Å²) in [4.78, 5) is 104. The molecule has 2 aromatic carbocycles. The third-order valence-corrected chi connectivity index (χ3v) is 12.1. The van der Waals surface area contributed by atoms with E-state index in [1.165, 1.54) is 0 Å². The maximum Gasteiger partial charge on any atom is 0.508 e. The molecule has 8 aliphatic rings. The molecule has 2 aromatic rings. The van der Waals surface area contributed by atoms with Crippen LogP contribution in [0.3, 0.4) is 0 Å². The zero-order valence-corrected chi connectivity index (χ0v) is 38.4. The van der Waals surface area contributed by atoms with Gasteiger partial charge in [-0.2, -0.15) is 0 Å². The zero-order valence-electron chi connectivity index (χ0n) is 38.4. The monoisotopic (exact) mass is 1030 g/mol. The van der Waals surface area contributed by atoms with E-state index in [0.29, 0.717) is 22.7 Å². The molecular weight excluding hydrogens is 984 g/mol. The first-order valence-corrected chi connectivity index (χ1v) is 22.9. The Balaban J connectivity index is 1.06. The van der Waals surface area contributed by atoms with Crippen molar-refractivity contribution in [2.24, 2.45) is 0 Å². The number of ether oxygens (including phenoxy) is 17. The van der Waals surface area contributed by atoms with Crippen LogP contribution in [0.25, 0.3) is 0 Å². The third-order valence-electron chi connectivity index (χ3n) is 12.1. The van der Waals surface area contributed by atoms with Gasteiger partial charge >= 0.3 is 49.2 Å². The van der Waals surface area contributed by atoms with Crippen LogP contribution in [-0.2, 0) is 75.8 Å². The Bertz CT molecular complexity index is 2370. The van der Waals surface area contributed by atoms with Crippen LogP contribution in [0.1, 0.15) is 0 Å². The Kier molecular flexibility index (Phi) is 14.0. The molecule has 10 rings (SSSR count). The van der Waals surface area contributed by atoms with Crippen LogP contribution < -0.4 is 24.3 Å². The predicted octanol–water partition coefficient (Wildman–Crippen LogP) is 2.99. The second kappa shape index (κ2) is 21.1. The molecular formula is C44H46N4O25. The van der Waals surface area contributed by atoms with E-state index in [1.807, 2.05) is 0 Å². The van der Waals surface area contributed by atoms with Crippen molar-refractivity contribution in [2.45, 2.75) is 48.8 Å². The first-order chi connectivity index (χ1) is 35.3. The van der Waals surface area contributed by atoms with E-state index in [0.717, 1.165) is 0 Å². The van der Waals surface area contributed by atoms with Crippen molar-refractivity contribution in [1.82, 2.24) is 0 Å². The van der Waals surface area contributed by atoms with Crippen molar-refractivity contribution in [2.75, 3.05) is 125 Å². The van der Waals surface area contributed by atoms with Crippen molar-refractivity contribution in [3.8, 4) is 11.5 Å². The maximum atomic E-state index is 12.2. The van der Waals surface area contributed by atoms with Gasteiger partial charge in [-0.1, -0.05) is 0 Å². The normalized spacial score (nSPS) is 26.7. The molecule has 0 N–H and O–H groups in total. The topological polar surface area (TPSA) is 306 Å². The summed E-state index contributed by atoms with van der Waals surface area (Å²) in [6.07, 6.45) is -13.3. The van der Waals surface area contributed by atoms with E-state index < -0.39 is 98.1 Å². The van der Waals surface area contributed by atoms with Crippen LogP contribution in [0.5, 0.6) is 11.5 Å². The summed E-state index contributed by atoms with van der Waals surface area (Å²) in [5, 5.41) is 0. The van der Waals surface area contributed by atoms with E-state index in [1.54, 1.807) is 56.0 Å². The number of hydrogen-bond acceptors (Lipinski definition) is 29. The molecule has 0 aromatic heterocycles. The second-order valence-electron chi connectivity index (χ2n) is 17.4. The number of carbonyl (C=O) groups excluding carboxylic acids is 8. The minimum Gasteiger partial charge on any atom is -0.455 e. The predicted molar refractivity (Wildman–Crippen MR) is 232 cm³/mol. The lowest BCUT2D eigenvalue weighted by atomic mass is 10.1. The molecule has 8 fully saturated rings. The summed E-state index contributed by atoms with van der Waals surface area (Å²) in [6.45, 7) is -0.689.